The number of halogens is 4. The third-order valence-electron chi connectivity index (χ3n) is 3.13. The minimum absolute atomic E-state index is 0.325. The Morgan fingerprint density at radius 2 is 2.26 bits per heavy atom. The van der Waals surface area contributed by atoms with Gasteiger partial charge in [-0.25, -0.2) is 0 Å². The monoisotopic (exact) mass is 356 g/mol. The summed E-state index contributed by atoms with van der Waals surface area (Å²) in [5.41, 5.74) is 0. The van der Waals surface area contributed by atoms with Gasteiger partial charge >= 0.3 is 6.18 Å². The average Bonchev–Trinajstić information content (AvgIpc) is 2.86. The molecule has 1 aromatic heterocycles. The lowest BCUT2D eigenvalue weighted by atomic mass is 10.1. The van der Waals surface area contributed by atoms with Crippen LogP contribution in [0.15, 0.2) is 15.9 Å². The summed E-state index contributed by atoms with van der Waals surface area (Å²) in [6, 6.07) is 2.06. The van der Waals surface area contributed by atoms with Crippen molar-refractivity contribution >= 4 is 27.3 Å². The van der Waals surface area contributed by atoms with Crippen LogP contribution in [0.25, 0.3) is 0 Å². The molecule has 1 fully saturated rings. The third kappa shape index (κ3) is 5.41. The normalized spacial score (nSPS) is 21.2. The molecular weight excluding hydrogens is 341 g/mol. The molecule has 0 bridgehead atoms. The average molecular weight is 357 g/mol. The number of likely N-dealkylation sites (tertiary alicyclic amines) is 1. The molecule has 0 amide bonds. The Hall–Kier alpha value is -0.110. The zero-order valence-electron chi connectivity index (χ0n) is 10.3. The van der Waals surface area contributed by atoms with E-state index in [-0.39, 0.29) is 0 Å². The predicted molar refractivity (Wildman–Crippen MR) is 74.3 cm³/mol. The highest BCUT2D eigenvalue weighted by Crippen LogP contribution is 2.23. The summed E-state index contributed by atoms with van der Waals surface area (Å²) in [5, 5.41) is 5.35. The van der Waals surface area contributed by atoms with Crippen molar-refractivity contribution in [2.24, 2.45) is 5.92 Å². The molecule has 0 radical (unpaired) electrons. The van der Waals surface area contributed by atoms with Crippen molar-refractivity contribution in [3.63, 3.8) is 0 Å². The molecule has 1 N–H and O–H groups in total. The maximum absolute atomic E-state index is 12.2. The van der Waals surface area contributed by atoms with E-state index in [2.05, 4.69) is 27.3 Å². The Morgan fingerprint density at radius 1 is 1.47 bits per heavy atom. The van der Waals surface area contributed by atoms with E-state index in [1.165, 1.54) is 9.78 Å². The summed E-state index contributed by atoms with van der Waals surface area (Å²) in [5.74, 6) is 0.325. The van der Waals surface area contributed by atoms with Crippen LogP contribution in [0.4, 0.5) is 13.2 Å². The number of alkyl halides is 3. The highest BCUT2D eigenvalue weighted by molar-refractivity contribution is 9.10. The summed E-state index contributed by atoms with van der Waals surface area (Å²) >= 11 is 5.07. The van der Waals surface area contributed by atoms with Crippen molar-refractivity contribution < 1.29 is 13.2 Å². The van der Waals surface area contributed by atoms with Crippen LogP contribution in [0, 0.1) is 5.92 Å². The van der Waals surface area contributed by atoms with Crippen LogP contribution in [0.5, 0.6) is 0 Å². The topological polar surface area (TPSA) is 15.3 Å². The van der Waals surface area contributed by atoms with Crippen molar-refractivity contribution in [2.45, 2.75) is 19.1 Å². The predicted octanol–water partition coefficient (Wildman–Crippen LogP) is 3.48. The molecule has 1 aliphatic heterocycles. The van der Waals surface area contributed by atoms with Crippen molar-refractivity contribution in [3.05, 3.63) is 20.8 Å². The molecule has 0 spiro atoms. The Bertz CT molecular complexity index is 408. The maximum Gasteiger partial charge on any atom is 0.401 e. The van der Waals surface area contributed by atoms with Crippen LogP contribution in [-0.4, -0.2) is 37.3 Å². The Balaban J connectivity index is 1.65. The van der Waals surface area contributed by atoms with Crippen LogP contribution in [0.1, 0.15) is 11.3 Å². The largest absolute Gasteiger partial charge is 0.401 e. The molecular formula is C12H16BrF3N2S. The first kappa shape index (κ1) is 15.3. The Kier molecular flexibility index (Phi) is 5.28. The van der Waals surface area contributed by atoms with E-state index < -0.39 is 12.7 Å². The molecule has 1 saturated heterocycles. The summed E-state index contributed by atoms with van der Waals surface area (Å²) in [6.45, 7) is 1.88. The second-order valence-corrected chi connectivity index (χ2v) is 6.78. The van der Waals surface area contributed by atoms with Crippen LogP contribution < -0.4 is 5.32 Å². The van der Waals surface area contributed by atoms with Crippen molar-refractivity contribution in [3.8, 4) is 0 Å². The second kappa shape index (κ2) is 6.56. The van der Waals surface area contributed by atoms with Gasteiger partial charge in [-0.05, 0) is 47.4 Å². The molecule has 2 rings (SSSR count). The number of rotatable bonds is 5. The standard InChI is InChI=1S/C12H16BrF3N2S/c13-10-3-11(19-7-10)5-17-4-9-1-2-18(6-9)8-12(14,15)16/h3,7,9,17H,1-2,4-6,8H2. The fraction of sp³-hybridized carbons (Fsp3) is 0.667. The molecule has 2 nitrogen and oxygen atoms in total. The van der Waals surface area contributed by atoms with Gasteiger partial charge in [-0.2, -0.15) is 13.2 Å². The molecule has 108 valence electrons. The van der Waals surface area contributed by atoms with E-state index in [1.54, 1.807) is 11.3 Å². The lowest BCUT2D eigenvalue weighted by Crippen LogP contribution is -2.33. The molecule has 0 saturated carbocycles. The van der Waals surface area contributed by atoms with Crippen molar-refractivity contribution in [1.82, 2.24) is 10.2 Å². The SMILES string of the molecule is FC(F)(F)CN1CCC(CNCc2cc(Br)cs2)C1. The summed E-state index contributed by atoms with van der Waals surface area (Å²) in [6.07, 6.45) is -3.23. The van der Waals surface area contributed by atoms with Gasteiger partial charge < -0.3 is 5.32 Å². The van der Waals surface area contributed by atoms with E-state index in [1.807, 2.05) is 5.38 Å². The summed E-state index contributed by atoms with van der Waals surface area (Å²) < 4.78 is 37.8. The van der Waals surface area contributed by atoms with Gasteiger partial charge in [0.2, 0.25) is 0 Å². The number of nitrogens with one attached hydrogen (secondary N) is 1. The van der Waals surface area contributed by atoms with Crippen LogP contribution >= 0.6 is 27.3 Å². The first-order chi connectivity index (χ1) is 8.92. The highest BCUT2D eigenvalue weighted by atomic mass is 79.9. The molecule has 1 aliphatic rings. The number of hydrogen-bond acceptors (Lipinski definition) is 3. The minimum atomic E-state index is -4.08. The molecule has 1 aromatic rings. The lowest BCUT2D eigenvalue weighted by Gasteiger charge is -2.17. The van der Waals surface area contributed by atoms with E-state index in [4.69, 9.17) is 0 Å². The smallest absolute Gasteiger partial charge is 0.312 e. The van der Waals surface area contributed by atoms with Crippen LogP contribution in [-0.2, 0) is 6.54 Å². The molecule has 7 heteroatoms. The first-order valence-electron chi connectivity index (χ1n) is 6.15. The van der Waals surface area contributed by atoms with Crippen molar-refractivity contribution in [1.29, 1.82) is 0 Å². The van der Waals surface area contributed by atoms with E-state index in [9.17, 15) is 13.2 Å². The highest BCUT2D eigenvalue weighted by Gasteiger charge is 2.34. The fourth-order valence-electron chi connectivity index (χ4n) is 2.32. The fourth-order valence-corrected chi connectivity index (χ4v) is 3.74. The number of nitrogens with zero attached hydrogens (tertiary/aromatic N) is 1. The zero-order chi connectivity index (χ0) is 13.9. The second-order valence-electron chi connectivity index (χ2n) is 4.87. The number of hydrogen-bond donors (Lipinski definition) is 1. The van der Waals surface area contributed by atoms with Gasteiger partial charge in [0.25, 0.3) is 0 Å². The molecule has 1 unspecified atom stereocenters. The van der Waals surface area contributed by atoms with Gasteiger partial charge in [0, 0.05) is 27.8 Å². The van der Waals surface area contributed by atoms with Gasteiger partial charge in [0.15, 0.2) is 0 Å². The van der Waals surface area contributed by atoms with Crippen molar-refractivity contribution in [2.75, 3.05) is 26.2 Å². The molecule has 2 heterocycles. The van der Waals surface area contributed by atoms with Gasteiger partial charge in [-0.15, -0.1) is 11.3 Å². The molecule has 19 heavy (non-hydrogen) atoms. The van der Waals surface area contributed by atoms with Gasteiger partial charge in [-0.1, -0.05) is 0 Å². The minimum Gasteiger partial charge on any atom is -0.312 e. The Labute approximate surface area is 123 Å². The van der Waals surface area contributed by atoms with Gasteiger partial charge in [-0.3, -0.25) is 4.90 Å². The third-order valence-corrected chi connectivity index (χ3v) is 4.82. The quantitative estimate of drug-likeness (QED) is 0.868. The summed E-state index contributed by atoms with van der Waals surface area (Å²) in [7, 11) is 0. The first-order valence-corrected chi connectivity index (χ1v) is 7.82. The maximum atomic E-state index is 12.2. The lowest BCUT2D eigenvalue weighted by molar-refractivity contribution is -0.143. The van der Waals surface area contributed by atoms with E-state index in [0.29, 0.717) is 19.0 Å². The summed E-state index contributed by atoms with van der Waals surface area (Å²) in [4.78, 5) is 2.73. The van der Waals surface area contributed by atoms with E-state index >= 15 is 0 Å². The van der Waals surface area contributed by atoms with E-state index in [0.717, 1.165) is 24.0 Å². The molecule has 0 aliphatic carbocycles. The van der Waals surface area contributed by atoms with Crippen LogP contribution in [0.2, 0.25) is 0 Å². The number of thiophene rings is 1. The zero-order valence-corrected chi connectivity index (χ0v) is 12.7. The van der Waals surface area contributed by atoms with Gasteiger partial charge in [0.1, 0.15) is 0 Å². The van der Waals surface area contributed by atoms with Gasteiger partial charge in [0.05, 0.1) is 6.54 Å². The Morgan fingerprint density at radius 3 is 2.89 bits per heavy atom. The molecule has 1 atom stereocenters. The van der Waals surface area contributed by atoms with Crippen LogP contribution in [0.3, 0.4) is 0 Å². The molecule has 0 aromatic carbocycles.